The van der Waals surface area contributed by atoms with E-state index in [-0.39, 0.29) is 0 Å². The van der Waals surface area contributed by atoms with Gasteiger partial charge in [0.1, 0.15) is 5.75 Å². The molecule has 0 atom stereocenters. The van der Waals surface area contributed by atoms with Crippen molar-refractivity contribution in [2.45, 2.75) is 26.0 Å². The third-order valence-electron chi connectivity index (χ3n) is 3.80. The first-order chi connectivity index (χ1) is 12.2. The van der Waals surface area contributed by atoms with Crippen molar-refractivity contribution >= 4 is 11.8 Å². The summed E-state index contributed by atoms with van der Waals surface area (Å²) in [6, 6.07) is 16.3. The number of nitrogens with zero attached hydrogens (tertiary/aromatic N) is 4. The van der Waals surface area contributed by atoms with Crippen molar-refractivity contribution in [1.29, 1.82) is 0 Å². The van der Waals surface area contributed by atoms with Gasteiger partial charge >= 0.3 is 0 Å². The van der Waals surface area contributed by atoms with Gasteiger partial charge in [0, 0.05) is 0 Å². The SMILES string of the molecule is Cc1ccc(C)c(OCCCSCc2nnnn2-c2ccccc2)c1. The van der Waals surface area contributed by atoms with Crippen LogP contribution in [0, 0.1) is 13.8 Å². The van der Waals surface area contributed by atoms with Gasteiger partial charge in [-0.2, -0.15) is 16.4 Å². The third kappa shape index (κ3) is 4.82. The second-order valence-corrected chi connectivity index (χ2v) is 6.97. The van der Waals surface area contributed by atoms with Gasteiger partial charge < -0.3 is 4.74 Å². The minimum atomic E-state index is 0.723. The second-order valence-electron chi connectivity index (χ2n) is 5.87. The molecule has 0 fully saturated rings. The third-order valence-corrected chi connectivity index (χ3v) is 4.84. The summed E-state index contributed by atoms with van der Waals surface area (Å²) in [6.07, 6.45) is 0.991. The Morgan fingerprint density at radius 3 is 2.76 bits per heavy atom. The monoisotopic (exact) mass is 354 g/mol. The van der Waals surface area contributed by atoms with Crippen LogP contribution in [0.2, 0.25) is 0 Å². The number of ether oxygens (including phenoxy) is 1. The van der Waals surface area contributed by atoms with Gasteiger partial charge in [-0.1, -0.05) is 30.3 Å². The second kappa shape index (κ2) is 8.67. The highest BCUT2D eigenvalue weighted by molar-refractivity contribution is 7.98. The summed E-state index contributed by atoms with van der Waals surface area (Å²) >= 11 is 1.82. The summed E-state index contributed by atoms with van der Waals surface area (Å²) in [5.41, 5.74) is 3.39. The van der Waals surface area contributed by atoms with Crippen molar-refractivity contribution in [2.75, 3.05) is 12.4 Å². The van der Waals surface area contributed by atoms with Crippen molar-refractivity contribution in [3.05, 3.63) is 65.5 Å². The molecule has 0 aliphatic carbocycles. The van der Waals surface area contributed by atoms with E-state index >= 15 is 0 Å². The highest BCUT2D eigenvalue weighted by Gasteiger charge is 2.07. The van der Waals surface area contributed by atoms with Gasteiger partial charge in [0.05, 0.1) is 18.0 Å². The van der Waals surface area contributed by atoms with Gasteiger partial charge in [0.25, 0.3) is 0 Å². The van der Waals surface area contributed by atoms with E-state index in [2.05, 4.69) is 47.6 Å². The first-order valence-electron chi connectivity index (χ1n) is 8.34. The molecule has 25 heavy (non-hydrogen) atoms. The van der Waals surface area contributed by atoms with Crippen LogP contribution in [0.25, 0.3) is 5.69 Å². The normalized spacial score (nSPS) is 10.8. The van der Waals surface area contributed by atoms with Crippen LogP contribution in [-0.4, -0.2) is 32.6 Å². The van der Waals surface area contributed by atoms with Gasteiger partial charge in [-0.05, 0) is 65.8 Å². The van der Waals surface area contributed by atoms with Gasteiger partial charge in [0.2, 0.25) is 0 Å². The zero-order valence-electron chi connectivity index (χ0n) is 14.6. The fraction of sp³-hybridized carbons (Fsp3) is 0.316. The topological polar surface area (TPSA) is 52.8 Å². The Morgan fingerprint density at radius 1 is 1.08 bits per heavy atom. The molecule has 0 bridgehead atoms. The molecule has 130 valence electrons. The molecule has 0 aliphatic heterocycles. The van der Waals surface area contributed by atoms with E-state index in [0.29, 0.717) is 0 Å². The molecule has 1 aromatic heterocycles. The fourth-order valence-electron chi connectivity index (χ4n) is 2.43. The van der Waals surface area contributed by atoms with Gasteiger partial charge in [-0.3, -0.25) is 0 Å². The van der Waals surface area contributed by atoms with E-state index in [4.69, 9.17) is 4.74 Å². The lowest BCUT2D eigenvalue weighted by Gasteiger charge is -2.09. The summed E-state index contributed by atoms with van der Waals surface area (Å²) < 4.78 is 7.68. The predicted octanol–water partition coefficient (Wildman–Crippen LogP) is 3.98. The van der Waals surface area contributed by atoms with E-state index < -0.39 is 0 Å². The zero-order valence-corrected chi connectivity index (χ0v) is 15.4. The van der Waals surface area contributed by atoms with Crippen molar-refractivity contribution in [1.82, 2.24) is 20.2 Å². The molecule has 2 aromatic carbocycles. The van der Waals surface area contributed by atoms with Crippen molar-refractivity contribution in [3.63, 3.8) is 0 Å². The number of thioether (sulfide) groups is 1. The highest BCUT2D eigenvalue weighted by Crippen LogP contribution is 2.20. The minimum Gasteiger partial charge on any atom is -0.493 e. The Hall–Kier alpha value is -2.34. The molecule has 3 rings (SSSR count). The summed E-state index contributed by atoms with van der Waals surface area (Å²) in [4.78, 5) is 0. The molecular weight excluding hydrogens is 332 g/mol. The van der Waals surface area contributed by atoms with Crippen LogP contribution in [0.3, 0.4) is 0 Å². The number of para-hydroxylation sites is 1. The summed E-state index contributed by atoms with van der Waals surface area (Å²) in [7, 11) is 0. The van der Waals surface area contributed by atoms with Crippen LogP contribution in [0.5, 0.6) is 5.75 Å². The minimum absolute atomic E-state index is 0.723. The molecule has 0 aliphatic rings. The molecule has 6 heteroatoms. The van der Waals surface area contributed by atoms with Crippen LogP contribution in [0.1, 0.15) is 23.4 Å². The van der Waals surface area contributed by atoms with Gasteiger partial charge in [-0.15, -0.1) is 5.10 Å². The maximum Gasteiger partial charge on any atom is 0.166 e. The van der Waals surface area contributed by atoms with Crippen molar-refractivity contribution in [2.24, 2.45) is 0 Å². The van der Waals surface area contributed by atoms with Crippen LogP contribution in [0.15, 0.2) is 48.5 Å². The average molecular weight is 354 g/mol. The molecule has 0 radical (unpaired) electrons. The zero-order chi connectivity index (χ0) is 17.5. The Balaban J connectivity index is 1.42. The van der Waals surface area contributed by atoms with Crippen LogP contribution in [0.4, 0.5) is 0 Å². The molecule has 0 N–H and O–H groups in total. The summed E-state index contributed by atoms with van der Waals surface area (Å²) in [5.74, 6) is 3.64. The number of hydrogen-bond acceptors (Lipinski definition) is 5. The smallest absolute Gasteiger partial charge is 0.166 e. The lowest BCUT2D eigenvalue weighted by atomic mass is 10.1. The number of benzene rings is 2. The maximum absolute atomic E-state index is 5.89. The van der Waals surface area contributed by atoms with Crippen LogP contribution >= 0.6 is 11.8 Å². The number of aromatic nitrogens is 4. The lowest BCUT2D eigenvalue weighted by molar-refractivity contribution is 0.316. The molecule has 1 heterocycles. The lowest BCUT2D eigenvalue weighted by Crippen LogP contribution is -2.03. The van der Waals surface area contributed by atoms with E-state index in [1.807, 2.05) is 42.1 Å². The molecule has 0 saturated heterocycles. The number of aryl methyl sites for hydroxylation is 2. The van der Waals surface area contributed by atoms with E-state index in [0.717, 1.165) is 41.8 Å². The van der Waals surface area contributed by atoms with Crippen LogP contribution < -0.4 is 4.74 Å². The molecular formula is C19H22N4OS. The first kappa shape index (κ1) is 17.5. The molecule has 0 unspecified atom stereocenters. The maximum atomic E-state index is 5.89. The standard InChI is InChI=1S/C19H22N4OS/c1-15-9-10-16(2)18(13-15)24-11-6-12-25-14-19-20-21-22-23(19)17-7-4-3-5-8-17/h3-5,7-10,13H,6,11-12,14H2,1-2H3. The number of hydrogen-bond donors (Lipinski definition) is 0. The van der Waals surface area contributed by atoms with E-state index in [9.17, 15) is 0 Å². The molecule has 5 nitrogen and oxygen atoms in total. The molecule has 3 aromatic rings. The number of rotatable bonds is 8. The molecule has 0 spiro atoms. The van der Waals surface area contributed by atoms with Crippen molar-refractivity contribution < 1.29 is 4.74 Å². The Bertz CT molecular complexity index is 804. The first-order valence-corrected chi connectivity index (χ1v) is 9.50. The Kier molecular flexibility index (Phi) is 6.06. The highest BCUT2D eigenvalue weighted by atomic mass is 32.2. The summed E-state index contributed by atoms with van der Waals surface area (Å²) in [5, 5.41) is 12.0. The average Bonchev–Trinajstić information content (AvgIpc) is 3.10. The predicted molar refractivity (Wildman–Crippen MR) is 101 cm³/mol. The van der Waals surface area contributed by atoms with Gasteiger partial charge in [-0.25, -0.2) is 0 Å². The molecule has 0 amide bonds. The Labute approximate surface area is 152 Å². The van der Waals surface area contributed by atoms with Crippen molar-refractivity contribution in [3.8, 4) is 11.4 Å². The van der Waals surface area contributed by atoms with Crippen LogP contribution in [-0.2, 0) is 5.75 Å². The quantitative estimate of drug-likeness (QED) is 0.573. The number of tetrazole rings is 1. The molecule has 0 saturated carbocycles. The van der Waals surface area contributed by atoms with E-state index in [1.165, 1.54) is 11.1 Å². The van der Waals surface area contributed by atoms with E-state index in [1.54, 1.807) is 4.68 Å². The summed E-state index contributed by atoms with van der Waals surface area (Å²) in [6.45, 7) is 4.88. The Morgan fingerprint density at radius 2 is 1.92 bits per heavy atom. The van der Waals surface area contributed by atoms with Gasteiger partial charge in [0.15, 0.2) is 5.82 Å². The largest absolute Gasteiger partial charge is 0.493 e. The fourth-order valence-corrected chi connectivity index (χ4v) is 3.26.